The van der Waals surface area contributed by atoms with Crippen LogP contribution in [-0.4, -0.2) is 27.7 Å². The van der Waals surface area contributed by atoms with Gasteiger partial charge in [0.05, 0.1) is 18.3 Å². The average Bonchev–Trinajstić information content (AvgIpc) is 3.17. The van der Waals surface area contributed by atoms with Gasteiger partial charge in [-0.2, -0.15) is 5.10 Å². The van der Waals surface area contributed by atoms with E-state index in [9.17, 15) is 9.18 Å². The Labute approximate surface area is 122 Å². The Bertz CT molecular complexity index is 597. The molecule has 1 aliphatic heterocycles. The van der Waals surface area contributed by atoms with Crippen molar-refractivity contribution < 1.29 is 9.18 Å². The molecule has 3 rings (SSSR count). The lowest BCUT2D eigenvalue weighted by molar-refractivity contribution is 0.192. The summed E-state index contributed by atoms with van der Waals surface area (Å²) in [7, 11) is 0. The van der Waals surface area contributed by atoms with E-state index in [0.29, 0.717) is 6.54 Å². The third-order valence-electron chi connectivity index (χ3n) is 3.76. The number of rotatable bonds is 3. The molecule has 0 radical (unpaired) electrons. The number of nitrogens with one attached hydrogen (secondary N) is 2. The summed E-state index contributed by atoms with van der Waals surface area (Å²) in [6, 6.07) is 8.12. The van der Waals surface area contributed by atoms with E-state index in [2.05, 4.69) is 15.5 Å². The number of hydrogen-bond acceptors (Lipinski definition) is 2. The van der Waals surface area contributed by atoms with Crippen molar-refractivity contribution in [2.45, 2.75) is 25.4 Å². The van der Waals surface area contributed by atoms with E-state index in [1.807, 2.05) is 11.0 Å². The van der Waals surface area contributed by atoms with E-state index in [-0.39, 0.29) is 17.9 Å². The zero-order chi connectivity index (χ0) is 14.7. The summed E-state index contributed by atoms with van der Waals surface area (Å²) in [6.45, 7) is 1.14. The lowest BCUT2D eigenvalue weighted by Gasteiger charge is -2.25. The Balaban J connectivity index is 1.65. The van der Waals surface area contributed by atoms with Crippen molar-refractivity contribution in [3.05, 3.63) is 53.6 Å². The molecule has 0 spiro atoms. The summed E-state index contributed by atoms with van der Waals surface area (Å²) in [5.74, 6) is -0.257. The molecule has 110 valence electrons. The van der Waals surface area contributed by atoms with Crippen LogP contribution < -0.4 is 5.32 Å². The molecule has 0 bridgehead atoms. The Hall–Kier alpha value is -2.37. The highest BCUT2D eigenvalue weighted by molar-refractivity contribution is 5.75. The van der Waals surface area contributed by atoms with Crippen molar-refractivity contribution >= 4 is 6.03 Å². The molecule has 6 heteroatoms. The highest BCUT2D eigenvalue weighted by Crippen LogP contribution is 2.31. The number of carbonyl (C=O) groups excluding carboxylic acids is 1. The first-order chi connectivity index (χ1) is 10.2. The summed E-state index contributed by atoms with van der Waals surface area (Å²) in [5, 5.41) is 9.53. The number of aromatic nitrogens is 2. The van der Waals surface area contributed by atoms with Gasteiger partial charge in [0, 0.05) is 12.7 Å². The van der Waals surface area contributed by atoms with Crippen molar-refractivity contribution in [3.8, 4) is 0 Å². The van der Waals surface area contributed by atoms with Crippen molar-refractivity contribution in [2.75, 3.05) is 6.54 Å². The molecule has 1 aliphatic rings. The summed E-state index contributed by atoms with van der Waals surface area (Å²) in [6.07, 6.45) is 3.52. The molecular weight excluding hydrogens is 271 g/mol. The third kappa shape index (κ3) is 3.04. The number of urea groups is 1. The van der Waals surface area contributed by atoms with Gasteiger partial charge in [0.25, 0.3) is 0 Å². The molecule has 2 heterocycles. The quantitative estimate of drug-likeness (QED) is 0.912. The second-order valence-electron chi connectivity index (χ2n) is 5.14. The topological polar surface area (TPSA) is 61.0 Å². The van der Waals surface area contributed by atoms with Gasteiger partial charge in [0.15, 0.2) is 0 Å². The molecule has 2 N–H and O–H groups in total. The van der Waals surface area contributed by atoms with E-state index < -0.39 is 0 Å². The van der Waals surface area contributed by atoms with E-state index in [0.717, 1.165) is 30.6 Å². The highest BCUT2D eigenvalue weighted by atomic mass is 19.1. The number of amides is 2. The molecular formula is C15H17FN4O. The van der Waals surface area contributed by atoms with Gasteiger partial charge in [-0.15, -0.1) is 0 Å². The number of hydrogen-bond donors (Lipinski definition) is 2. The van der Waals surface area contributed by atoms with Gasteiger partial charge >= 0.3 is 6.03 Å². The van der Waals surface area contributed by atoms with Crippen molar-refractivity contribution in [3.63, 3.8) is 0 Å². The number of likely N-dealkylation sites (tertiary alicyclic amines) is 1. The minimum atomic E-state index is -0.257. The van der Waals surface area contributed by atoms with Crippen LogP contribution in [0, 0.1) is 5.82 Å². The van der Waals surface area contributed by atoms with Crippen LogP contribution in [-0.2, 0) is 6.54 Å². The Kier molecular flexibility index (Phi) is 3.85. The maximum atomic E-state index is 13.0. The first kappa shape index (κ1) is 13.6. The van der Waals surface area contributed by atoms with Crippen LogP contribution in [0.3, 0.4) is 0 Å². The Morgan fingerprint density at radius 3 is 2.90 bits per heavy atom. The maximum absolute atomic E-state index is 13.0. The predicted octanol–water partition coefficient (Wildman–Crippen LogP) is 2.60. The summed E-state index contributed by atoms with van der Waals surface area (Å²) >= 11 is 0. The number of nitrogens with zero attached hydrogens (tertiary/aromatic N) is 2. The third-order valence-corrected chi connectivity index (χ3v) is 3.76. The predicted molar refractivity (Wildman–Crippen MR) is 75.9 cm³/mol. The number of halogens is 1. The van der Waals surface area contributed by atoms with Crippen LogP contribution in [0.2, 0.25) is 0 Å². The lowest BCUT2D eigenvalue weighted by Crippen LogP contribution is -2.39. The van der Waals surface area contributed by atoms with Gasteiger partial charge in [-0.25, -0.2) is 9.18 Å². The first-order valence-electron chi connectivity index (χ1n) is 7.02. The number of H-pyrrole nitrogens is 1. The second-order valence-corrected chi connectivity index (χ2v) is 5.14. The molecule has 5 nitrogen and oxygen atoms in total. The van der Waals surface area contributed by atoms with Gasteiger partial charge in [-0.3, -0.25) is 5.10 Å². The highest BCUT2D eigenvalue weighted by Gasteiger charge is 2.29. The lowest BCUT2D eigenvalue weighted by atomic mass is 10.0. The van der Waals surface area contributed by atoms with Gasteiger partial charge in [-0.1, -0.05) is 12.1 Å². The fraction of sp³-hybridized carbons (Fsp3) is 0.333. The Morgan fingerprint density at radius 2 is 2.19 bits per heavy atom. The first-order valence-corrected chi connectivity index (χ1v) is 7.02. The van der Waals surface area contributed by atoms with E-state index in [1.165, 1.54) is 12.1 Å². The smallest absolute Gasteiger partial charge is 0.318 e. The van der Waals surface area contributed by atoms with Crippen molar-refractivity contribution in [1.82, 2.24) is 20.4 Å². The van der Waals surface area contributed by atoms with E-state index in [4.69, 9.17) is 0 Å². The van der Waals surface area contributed by atoms with Crippen LogP contribution in [0.15, 0.2) is 36.5 Å². The molecule has 1 saturated heterocycles. The van der Waals surface area contributed by atoms with E-state index in [1.54, 1.807) is 18.3 Å². The molecule has 0 saturated carbocycles. The normalized spacial score (nSPS) is 18.0. The minimum absolute atomic E-state index is 0.0207. The van der Waals surface area contributed by atoms with Crippen LogP contribution in [0.4, 0.5) is 9.18 Å². The maximum Gasteiger partial charge on any atom is 0.318 e. The summed E-state index contributed by atoms with van der Waals surface area (Å²) < 4.78 is 13.0. The second kappa shape index (κ2) is 5.95. The molecule has 1 aromatic carbocycles. The van der Waals surface area contributed by atoms with Gasteiger partial charge in [0.2, 0.25) is 0 Å². The molecule has 2 aromatic rings. The fourth-order valence-electron chi connectivity index (χ4n) is 2.70. The zero-order valence-corrected chi connectivity index (χ0v) is 11.6. The number of carbonyl (C=O) groups is 1. The van der Waals surface area contributed by atoms with Crippen LogP contribution >= 0.6 is 0 Å². The molecule has 1 aromatic heterocycles. The molecule has 1 fully saturated rings. The summed E-state index contributed by atoms with van der Waals surface area (Å²) in [4.78, 5) is 14.1. The van der Waals surface area contributed by atoms with Gasteiger partial charge in [0.1, 0.15) is 5.82 Å². The van der Waals surface area contributed by atoms with E-state index >= 15 is 0 Å². The van der Waals surface area contributed by atoms with Gasteiger partial charge in [-0.05, 0) is 36.6 Å². The standard InChI is InChI=1S/C15H17FN4O/c16-12-5-3-11(4-6-12)14-2-1-9-20(14)15(21)17-10-13-7-8-18-19-13/h3-8,14H,1-2,9-10H2,(H,17,21)(H,18,19)/t14-/m1/s1. The van der Waals surface area contributed by atoms with Crippen molar-refractivity contribution in [1.29, 1.82) is 0 Å². The molecule has 21 heavy (non-hydrogen) atoms. The monoisotopic (exact) mass is 288 g/mol. The van der Waals surface area contributed by atoms with Crippen molar-refractivity contribution in [2.24, 2.45) is 0 Å². The average molecular weight is 288 g/mol. The largest absolute Gasteiger partial charge is 0.332 e. The molecule has 0 unspecified atom stereocenters. The van der Waals surface area contributed by atoms with Gasteiger partial charge < -0.3 is 10.2 Å². The number of aromatic amines is 1. The Morgan fingerprint density at radius 1 is 1.38 bits per heavy atom. The minimum Gasteiger partial charge on any atom is -0.332 e. The summed E-state index contributed by atoms with van der Waals surface area (Å²) in [5.41, 5.74) is 1.84. The van der Waals surface area contributed by atoms with Crippen LogP contribution in [0.1, 0.15) is 30.1 Å². The van der Waals surface area contributed by atoms with Crippen LogP contribution in [0.25, 0.3) is 0 Å². The van der Waals surface area contributed by atoms with Crippen LogP contribution in [0.5, 0.6) is 0 Å². The fourth-order valence-corrected chi connectivity index (χ4v) is 2.70. The SMILES string of the molecule is O=C(NCc1ccn[nH]1)N1CCC[C@@H]1c1ccc(F)cc1. The number of benzene rings is 1. The zero-order valence-electron chi connectivity index (χ0n) is 11.6. The molecule has 1 atom stereocenters. The molecule has 0 aliphatic carbocycles. The molecule has 2 amide bonds.